The topological polar surface area (TPSA) is 98.8 Å². The maximum atomic E-state index is 11.5. The van der Waals surface area contributed by atoms with Gasteiger partial charge < -0.3 is 10.5 Å². The summed E-state index contributed by atoms with van der Waals surface area (Å²) in [5.41, 5.74) is 5.90. The normalized spacial score (nSPS) is 16.4. The Balaban J connectivity index is 2.63. The molecular formula is C9H8N2O4S. The fourth-order valence-corrected chi connectivity index (χ4v) is 2.60. The Hall–Kier alpha value is -1.89. The molecule has 84 valence electrons. The molecule has 0 saturated carbocycles. The number of fused-ring (bicyclic) bond motifs is 1. The lowest BCUT2D eigenvalue weighted by Gasteiger charge is -2.01. The summed E-state index contributed by atoms with van der Waals surface area (Å²) in [6.45, 7) is 0. The van der Waals surface area contributed by atoms with E-state index in [1.54, 1.807) is 0 Å². The molecule has 0 bridgehead atoms. The summed E-state index contributed by atoms with van der Waals surface area (Å²) in [6, 6.07) is 4.08. The molecule has 0 radical (unpaired) electrons. The number of amidine groups is 1. The van der Waals surface area contributed by atoms with Gasteiger partial charge in [-0.25, -0.2) is 4.79 Å². The summed E-state index contributed by atoms with van der Waals surface area (Å²) in [4.78, 5) is 11.2. The SMILES string of the molecule is COC(=O)c1ccc2c(c1)S(=O)(=O)N=C2N. The molecule has 0 spiro atoms. The number of hydrogen-bond donors (Lipinski definition) is 1. The smallest absolute Gasteiger partial charge is 0.337 e. The number of hydrogen-bond acceptors (Lipinski definition) is 5. The summed E-state index contributed by atoms with van der Waals surface area (Å²) in [7, 11) is -2.55. The quantitative estimate of drug-likeness (QED) is 0.690. The number of esters is 1. The summed E-state index contributed by atoms with van der Waals surface area (Å²) in [6.07, 6.45) is 0. The van der Waals surface area contributed by atoms with Crippen molar-refractivity contribution < 1.29 is 17.9 Å². The maximum Gasteiger partial charge on any atom is 0.337 e. The Labute approximate surface area is 91.8 Å². The van der Waals surface area contributed by atoms with Crippen molar-refractivity contribution in [2.45, 2.75) is 4.90 Å². The van der Waals surface area contributed by atoms with Crippen LogP contribution in [0.3, 0.4) is 0 Å². The van der Waals surface area contributed by atoms with E-state index in [-0.39, 0.29) is 16.3 Å². The van der Waals surface area contributed by atoms with Crippen molar-refractivity contribution in [3.8, 4) is 0 Å². The average molecular weight is 240 g/mol. The van der Waals surface area contributed by atoms with Crippen molar-refractivity contribution in [2.24, 2.45) is 10.1 Å². The van der Waals surface area contributed by atoms with Crippen LogP contribution in [-0.2, 0) is 14.8 Å². The maximum absolute atomic E-state index is 11.5. The van der Waals surface area contributed by atoms with Crippen molar-refractivity contribution in [3.63, 3.8) is 0 Å². The average Bonchev–Trinajstić information content (AvgIpc) is 2.48. The van der Waals surface area contributed by atoms with Crippen molar-refractivity contribution in [1.29, 1.82) is 0 Å². The first-order chi connectivity index (χ1) is 7.45. The lowest BCUT2D eigenvalue weighted by atomic mass is 10.1. The van der Waals surface area contributed by atoms with E-state index < -0.39 is 16.0 Å². The molecule has 1 aromatic carbocycles. The molecule has 0 aromatic heterocycles. The molecule has 0 saturated heterocycles. The van der Waals surface area contributed by atoms with Gasteiger partial charge in [0.05, 0.1) is 12.7 Å². The highest BCUT2D eigenvalue weighted by molar-refractivity contribution is 7.90. The molecule has 16 heavy (non-hydrogen) atoms. The number of nitrogens with zero attached hydrogens (tertiary/aromatic N) is 1. The zero-order valence-corrected chi connectivity index (χ0v) is 9.11. The molecule has 6 nitrogen and oxygen atoms in total. The highest BCUT2D eigenvalue weighted by Gasteiger charge is 2.28. The lowest BCUT2D eigenvalue weighted by Crippen LogP contribution is -2.10. The summed E-state index contributed by atoms with van der Waals surface area (Å²) in [5, 5.41) is 0. The molecule has 1 aliphatic heterocycles. The van der Waals surface area contributed by atoms with Gasteiger partial charge in [-0.1, -0.05) is 0 Å². The number of carbonyl (C=O) groups is 1. The summed E-state index contributed by atoms with van der Waals surface area (Å²) in [5.74, 6) is -0.671. The van der Waals surface area contributed by atoms with Crippen molar-refractivity contribution >= 4 is 21.8 Å². The Morgan fingerprint density at radius 1 is 1.44 bits per heavy atom. The number of benzene rings is 1. The van der Waals surface area contributed by atoms with Crippen LogP contribution in [0.1, 0.15) is 15.9 Å². The number of methoxy groups -OCH3 is 1. The number of sulfonamides is 1. The molecule has 0 atom stereocenters. The predicted octanol–water partition coefficient (Wildman–Crippen LogP) is -0.119. The van der Waals surface area contributed by atoms with Crippen LogP contribution in [0.5, 0.6) is 0 Å². The van der Waals surface area contributed by atoms with E-state index in [0.29, 0.717) is 5.56 Å². The van der Waals surface area contributed by atoms with E-state index in [9.17, 15) is 13.2 Å². The first-order valence-corrected chi connectivity index (χ1v) is 5.73. The standard InChI is InChI=1S/C9H8N2O4S/c1-15-9(12)5-2-3-6-7(4-5)16(13,14)11-8(6)10/h2-4H,1H3,(H2,10,11). The number of carbonyl (C=O) groups excluding carboxylic acids is 1. The molecule has 1 aliphatic rings. The first-order valence-electron chi connectivity index (χ1n) is 4.29. The first kappa shape index (κ1) is 10.6. The molecule has 0 fully saturated rings. The molecule has 1 aromatic rings. The fourth-order valence-electron chi connectivity index (χ4n) is 1.42. The Bertz CT molecular complexity index is 604. The van der Waals surface area contributed by atoms with Gasteiger partial charge in [0.15, 0.2) is 0 Å². The van der Waals surface area contributed by atoms with Gasteiger partial charge in [-0.2, -0.15) is 8.42 Å². The Morgan fingerprint density at radius 3 is 2.75 bits per heavy atom. The second kappa shape index (κ2) is 3.31. The van der Waals surface area contributed by atoms with Gasteiger partial charge in [-0.05, 0) is 18.2 Å². The van der Waals surface area contributed by atoms with Crippen LogP contribution in [0.25, 0.3) is 0 Å². The molecule has 0 amide bonds. The molecule has 2 rings (SSSR count). The van der Waals surface area contributed by atoms with E-state index in [1.165, 1.54) is 25.3 Å². The van der Waals surface area contributed by atoms with Gasteiger partial charge in [0, 0.05) is 5.56 Å². The molecule has 0 unspecified atom stereocenters. The number of rotatable bonds is 1. The minimum absolute atomic E-state index is 0.0621. The molecule has 1 heterocycles. The summed E-state index contributed by atoms with van der Waals surface area (Å²) >= 11 is 0. The van der Waals surface area contributed by atoms with Gasteiger partial charge >= 0.3 is 5.97 Å². The highest BCUT2D eigenvalue weighted by atomic mass is 32.2. The van der Waals surface area contributed by atoms with Crippen molar-refractivity contribution in [3.05, 3.63) is 29.3 Å². The minimum Gasteiger partial charge on any atom is -0.465 e. The zero-order valence-electron chi connectivity index (χ0n) is 8.30. The highest BCUT2D eigenvalue weighted by Crippen LogP contribution is 2.25. The monoisotopic (exact) mass is 240 g/mol. The van der Waals surface area contributed by atoms with Crippen LogP contribution in [-0.4, -0.2) is 27.3 Å². The van der Waals surface area contributed by atoms with E-state index >= 15 is 0 Å². The second-order valence-electron chi connectivity index (χ2n) is 3.15. The third-order valence-corrected chi connectivity index (χ3v) is 3.51. The molecule has 0 aliphatic carbocycles. The Kier molecular flexibility index (Phi) is 2.20. The van der Waals surface area contributed by atoms with Crippen LogP contribution in [0.15, 0.2) is 27.5 Å². The Morgan fingerprint density at radius 2 is 2.12 bits per heavy atom. The predicted molar refractivity (Wildman–Crippen MR) is 55.7 cm³/mol. The van der Waals surface area contributed by atoms with Crippen LogP contribution in [0, 0.1) is 0 Å². The van der Waals surface area contributed by atoms with E-state index in [2.05, 4.69) is 9.13 Å². The van der Waals surface area contributed by atoms with Gasteiger partial charge in [-0.3, -0.25) is 0 Å². The number of ether oxygens (including phenoxy) is 1. The van der Waals surface area contributed by atoms with Crippen molar-refractivity contribution in [2.75, 3.05) is 7.11 Å². The largest absolute Gasteiger partial charge is 0.465 e. The van der Waals surface area contributed by atoms with Crippen LogP contribution >= 0.6 is 0 Å². The third-order valence-electron chi connectivity index (χ3n) is 2.18. The van der Waals surface area contributed by atoms with E-state index in [4.69, 9.17) is 5.73 Å². The van der Waals surface area contributed by atoms with Crippen molar-refractivity contribution in [1.82, 2.24) is 0 Å². The molecule has 7 heteroatoms. The lowest BCUT2D eigenvalue weighted by molar-refractivity contribution is 0.0600. The number of nitrogens with two attached hydrogens (primary N) is 1. The van der Waals surface area contributed by atoms with Crippen LogP contribution in [0.4, 0.5) is 0 Å². The molecule has 2 N–H and O–H groups in total. The van der Waals surface area contributed by atoms with Gasteiger partial charge in [-0.15, -0.1) is 4.40 Å². The van der Waals surface area contributed by atoms with Crippen LogP contribution < -0.4 is 5.73 Å². The fraction of sp³-hybridized carbons (Fsp3) is 0.111. The van der Waals surface area contributed by atoms with Gasteiger partial charge in [0.1, 0.15) is 10.7 Å². The van der Waals surface area contributed by atoms with Gasteiger partial charge in [0.25, 0.3) is 10.0 Å². The third kappa shape index (κ3) is 1.45. The molecular weight excluding hydrogens is 232 g/mol. The van der Waals surface area contributed by atoms with Gasteiger partial charge in [0.2, 0.25) is 0 Å². The van der Waals surface area contributed by atoms with Crippen LogP contribution in [0.2, 0.25) is 0 Å². The van der Waals surface area contributed by atoms with E-state index in [0.717, 1.165) is 0 Å². The minimum atomic E-state index is -3.76. The van der Waals surface area contributed by atoms with E-state index in [1.807, 2.05) is 0 Å². The summed E-state index contributed by atoms with van der Waals surface area (Å²) < 4.78 is 30.8. The zero-order chi connectivity index (χ0) is 11.9. The second-order valence-corrected chi connectivity index (χ2v) is 4.73.